The van der Waals surface area contributed by atoms with E-state index in [1.807, 2.05) is 0 Å². The Kier molecular flexibility index (Phi) is 3.51. The molecule has 4 nitrogen and oxygen atoms in total. The van der Waals surface area contributed by atoms with Gasteiger partial charge < -0.3 is 5.11 Å². The minimum absolute atomic E-state index is 0.0537. The monoisotopic (exact) mass is 306 g/mol. The van der Waals surface area contributed by atoms with Gasteiger partial charge in [0.1, 0.15) is 5.71 Å². The summed E-state index contributed by atoms with van der Waals surface area (Å²) < 4.78 is 39.3. The van der Waals surface area contributed by atoms with Crippen molar-refractivity contribution in [3.05, 3.63) is 34.9 Å². The second kappa shape index (κ2) is 4.75. The van der Waals surface area contributed by atoms with E-state index in [0.29, 0.717) is 10.0 Å². The smallest absolute Gasteiger partial charge is 0.374 e. The molecule has 1 N–H and O–H groups in total. The van der Waals surface area contributed by atoms with Gasteiger partial charge in [0.2, 0.25) is 11.5 Å². The van der Waals surface area contributed by atoms with Crippen molar-refractivity contribution < 1.29 is 23.1 Å². The lowest BCUT2D eigenvalue weighted by Crippen LogP contribution is -2.54. The minimum Gasteiger partial charge on any atom is -0.374 e. The summed E-state index contributed by atoms with van der Waals surface area (Å²) in [5.74, 6) is -0.684. The molecule has 0 aliphatic carbocycles. The number of hydrazone groups is 1. The van der Waals surface area contributed by atoms with Crippen LogP contribution in [0.25, 0.3) is 0 Å². The Bertz CT molecular complexity index is 571. The summed E-state index contributed by atoms with van der Waals surface area (Å²) in [5.41, 5.74) is -3.75. The maximum absolute atomic E-state index is 13.1. The zero-order chi connectivity index (χ0) is 15.1. The van der Waals surface area contributed by atoms with Crippen molar-refractivity contribution in [3.63, 3.8) is 0 Å². The first-order chi connectivity index (χ1) is 9.15. The summed E-state index contributed by atoms with van der Waals surface area (Å²) in [4.78, 5) is 11.2. The normalized spacial score (nSPS) is 22.9. The zero-order valence-corrected chi connectivity index (χ0v) is 11.0. The van der Waals surface area contributed by atoms with Crippen LogP contribution in [-0.4, -0.2) is 40.1 Å². The summed E-state index contributed by atoms with van der Waals surface area (Å²) in [6.07, 6.45) is -4.95. The quantitative estimate of drug-likeness (QED) is 0.865. The molecule has 20 heavy (non-hydrogen) atoms. The Morgan fingerprint density at radius 2 is 1.95 bits per heavy atom. The zero-order valence-electron chi connectivity index (χ0n) is 10.3. The molecule has 1 aliphatic heterocycles. The number of benzene rings is 1. The number of amides is 1. The molecule has 0 aromatic heterocycles. The van der Waals surface area contributed by atoms with E-state index in [4.69, 9.17) is 11.6 Å². The van der Waals surface area contributed by atoms with Crippen molar-refractivity contribution in [3.8, 4) is 0 Å². The van der Waals surface area contributed by atoms with Crippen molar-refractivity contribution in [2.24, 2.45) is 5.10 Å². The summed E-state index contributed by atoms with van der Waals surface area (Å²) in [6, 6.07) is 5.38. The fourth-order valence-electron chi connectivity index (χ4n) is 1.84. The number of β-amino-alcohol motifs (C(OH)–C–C–N with tert-alkyl or cyclic N) is 1. The van der Waals surface area contributed by atoms with Crippen LogP contribution in [0.15, 0.2) is 29.4 Å². The number of carbonyl (C=O) groups is 1. The highest BCUT2D eigenvalue weighted by atomic mass is 35.5. The molecule has 1 atom stereocenters. The molecule has 0 unspecified atom stereocenters. The number of rotatable bonds is 1. The van der Waals surface area contributed by atoms with Gasteiger partial charge in [0.25, 0.3) is 0 Å². The maximum atomic E-state index is 13.1. The predicted molar refractivity (Wildman–Crippen MR) is 66.4 cm³/mol. The lowest BCUT2D eigenvalue weighted by atomic mass is 9.92. The van der Waals surface area contributed by atoms with Crippen LogP contribution in [0.5, 0.6) is 0 Å². The maximum Gasteiger partial charge on any atom is 0.424 e. The van der Waals surface area contributed by atoms with Crippen LogP contribution < -0.4 is 0 Å². The molecular weight excluding hydrogens is 297 g/mol. The van der Waals surface area contributed by atoms with Crippen molar-refractivity contribution in [1.82, 2.24) is 5.01 Å². The van der Waals surface area contributed by atoms with Crippen molar-refractivity contribution >= 4 is 23.2 Å². The van der Waals surface area contributed by atoms with Gasteiger partial charge in [-0.2, -0.15) is 18.3 Å². The first-order valence-corrected chi connectivity index (χ1v) is 5.95. The van der Waals surface area contributed by atoms with Crippen molar-refractivity contribution in [1.29, 1.82) is 0 Å². The first kappa shape index (κ1) is 14.8. The van der Waals surface area contributed by atoms with E-state index in [2.05, 4.69) is 5.10 Å². The van der Waals surface area contributed by atoms with E-state index in [1.165, 1.54) is 24.3 Å². The second-order valence-corrected chi connectivity index (χ2v) is 4.83. The lowest BCUT2D eigenvalue weighted by molar-refractivity contribution is -0.229. The van der Waals surface area contributed by atoms with E-state index in [-0.39, 0.29) is 5.56 Å². The highest BCUT2D eigenvalue weighted by Gasteiger charge is 2.61. The van der Waals surface area contributed by atoms with Crippen LogP contribution in [0.2, 0.25) is 5.02 Å². The first-order valence-electron chi connectivity index (χ1n) is 5.57. The van der Waals surface area contributed by atoms with E-state index in [0.717, 1.165) is 6.92 Å². The van der Waals surface area contributed by atoms with Gasteiger partial charge in [-0.1, -0.05) is 23.7 Å². The third kappa shape index (κ3) is 2.38. The SMILES string of the molecule is CC(=O)N1C[C@](O)(C(F)(F)F)C(c2ccc(Cl)cc2)=N1. The number of carbonyl (C=O) groups excluding carboxylic acids is 1. The van der Waals surface area contributed by atoms with Crippen LogP contribution >= 0.6 is 11.6 Å². The molecule has 0 saturated heterocycles. The fraction of sp³-hybridized carbons (Fsp3) is 0.333. The highest BCUT2D eigenvalue weighted by molar-refractivity contribution is 6.30. The van der Waals surface area contributed by atoms with Crippen LogP contribution in [0.3, 0.4) is 0 Å². The van der Waals surface area contributed by atoms with Crippen molar-refractivity contribution in [2.45, 2.75) is 18.7 Å². The van der Waals surface area contributed by atoms with E-state index in [1.54, 1.807) is 0 Å². The number of nitrogens with zero attached hydrogens (tertiary/aromatic N) is 2. The topological polar surface area (TPSA) is 52.9 Å². The van der Waals surface area contributed by atoms with Gasteiger partial charge in [0, 0.05) is 17.5 Å². The highest BCUT2D eigenvalue weighted by Crippen LogP contribution is 2.38. The molecule has 0 radical (unpaired) electrons. The van der Waals surface area contributed by atoms with Crippen molar-refractivity contribution in [2.75, 3.05) is 6.54 Å². The summed E-state index contributed by atoms with van der Waals surface area (Å²) in [6.45, 7) is 0.120. The van der Waals surface area contributed by atoms with Gasteiger partial charge >= 0.3 is 6.18 Å². The molecular formula is C12H10ClF3N2O2. The average Bonchev–Trinajstić information content (AvgIpc) is 2.69. The van der Waals surface area contributed by atoms with Gasteiger partial charge in [-0.3, -0.25) is 4.79 Å². The molecule has 1 aromatic carbocycles. The summed E-state index contributed by atoms with van der Waals surface area (Å²) in [7, 11) is 0. The van der Waals surface area contributed by atoms with Gasteiger partial charge in [-0.15, -0.1) is 0 Å². The molecule has 1 amide bonds. The largest absolute Gasteiger partial charge is 0.424 e. The van der Waals surface area contributed by atoms with Crippen LogP contribution in [0.4, 0.5) is 13.2 Å². The van der Waals surface area contributed by atoms with E-state index < -0.39 is 29.9 Å². The molecule has 0 spiro atoms. The molecule has 2 rings (SSSR count). The molecule has 0 bridgehead atoms. The Morgan fingerprint density at radius 1 is 1.40 bits per heavy atom. The van der Waals surface area contributed by atoms with Crippen LogP contribution in [-0.2, 0) is 4.79 Å². The number of aliphatic hydroxyl groups is 1. The van der Waals surface area contributed by atoms with Gasteiger partial charge in [0.05, 0.1) is 6.54 Å². The third-order valence-electron chi connectivity index (χ3n) is 2.94. The third-order valence-corrected chi connectivity index (χ3v) is 3.19. The molecule has 0 fully saturated rings. The Hall–Kier alpha value is -1.60. The van der Waals surface area contributed by atoms with Crippen LogP contribution in [0, 0.1) is 0 Å². The van der Waals surface area contributed by atoms with Gasteiger partial charge in [-0.05, 0) is 12.1 Å². The number of hydrogen-bond donors (Lipinski definition) is 1. The Morgan fingerprint density at radius 3 is 2.40 bits per heavy atom. The van der Waals surface area contributed by atoms with Gasteiger partial charge in [0.15, 0.2) is 0 Å². The summed E-state index contributed by atoms with van der Waals surface area (Å²) in [5, 5.41) is 14.5. The standard InChI is InChI=1S/C12H10ClF3N2O2/c1-7(19)18-6-11(20,12(14,15)16)10(17-18)8-2-4-9(13)5-3-8/h2-5,20H,6H2,1H3/t11-/m1/s1. The molecule has 8 heteroatoms. The Balaban J connectivity index is 2.52. The second-order valence-electron chi connectivity index (χ2n) is 4.39. The average molecular weight is 307 g/mol. The number of hydrogen-bond acceptors (Lipinski definition) is 3. The lowest BCUT2D eigenvalue weighted by Gasteiger charge is -2.27. The summed E-state index contributed by atoms with van der Waals surface area (Å²) >= 11 is 5.67. The predicted octanol–water partition coefficient (Wildman–Crippen LogP) is 2.20. The fourth-order valence-corrected chi connectivity index (χ4v) is 1.97. The number of alkyl halides is 3. The molecule has 1 aliphatic rings. The molecule has 1 aromatic rings. The van der Waals surface area contributed by atoms with Crippen LogP contribution in [0.1, 0.15) is 12.5 Å². The van der Waals surface area contributed by atoms with E-state index >= 15 is 0 Å². The number of halogens is 4. The molecule has 1 heterocycles. The van der Waals surface area contributed by atoms with Gasteiger partial charge in [-0.25, -0.2) is 5.01 Å². The molecule has 108 valence electrons. The Labute approximate surface area is 117 Å². The molecule has 0 saturated carbocycles. The van der Waals surface area contributed by atoms with E-state index in [9.17, 15) is 23.1 Å². The minimum atomic E-state index is -4.95.